The maximum Gasteiger partial charge on any atom is 0.293 e. The first-order chi connectivity index (χ1) is 19.2. The van der Waals surface area contributed by atoms with Gasteiger partial charge in [0, 0.05) is 44.3 Å². The van der Waals surface area contributed by atoms with E-state index in [9.17, 15) is 9.59 Å². The highest BCUT2D eigenvalue weighted by Gasteiger charge is 2.50. The van der Waals surface area contributed by atoms with Crippen LogP contribution in [0.5, 0.6) is 0 Å². The van der Waals surface area contributed by atoms with Crippen molar-refractivity contribution in [2.24, 2.45) is 0 Å². The van der Waals surface area contributed by atoms with Crippen molar-refractivity contribution in [3.8, 4) is 0 Å². The average Bonchev–Trinajstić information content (AvgIpc) is 3.50. The number of benzene rings is 2. The Labute approximate surface area is 272 Å². The van der Waals surface area contributed by atoms with Crippen molar-refractivity contribution in [2.45, 2.75) is 19.1 Å². The SMILES string of the molecule is Cc1cccc(NC(=O)C2(n3ccc(NC(=O)CC[S+](C)C)c3)Nc3ccccc3N2C)c1N(CCCl)CCCl.[I-]. The Morgan fingerprint density at radius 1 is 1.02 bits per heavy atom. The van der Waals surface area contributed by atoms with E-state index in [-0.39, 0.29) is 46.7 Å². The molecule has 0 bridgehead atoms. The van der Waals surface area contributed by atoms with Gasteiger partial charge in [-0.2, -0.15) is 0 Å². The Balaban J connectivity index is 0.00000462. The second-order valence-electron chi connectivity index (χ2n) is 9.96. The van der Waals surface area contributed by atoms with E-state index < -0.39 is 5.79 Å². The molecule has 0 aliphatic carbocycles. The van der Waals surface area contributed by atoms with Crippen LogP contribution in [-0.4, -0.2) is 66.5 Å². The second kappa shape index (κ2) is 14.8. The summed E-state index contributed by atoms with van der Waals surface area (Å²) >= 11 is 12.2. The third kappa shape index (κ3) is 7.21. The van der Waals surface area contributed by atoms with Gasteiger partial charge in [-0.15, -0.1) is 23.2 Å². The van der Waals surface area contributed by atoms with Crippen molar-refractivity contribution >= 4 is 74.3 Å². The highest BCUT2D eigenvalue weighted by molar-refractivity contribution is 7.95. The van der Waals surface area contributed by atoms with Crippen molar-refractivity contribution in [1.82, 2.24) is 4.57 Å². The van der Waals surface area contributed by atoms with E-state index in [1.54, 1.807) is 17.0 Å². The highest BCUT2D eigenvalue weighted by atomic mass is 127. The zero-order chi connectivity index (χ0) is 28.9. The number of anilines is 5. The van der Waals surface area contributed by atoms with Gasteiger partial charge in [-0.05, 0) is 47.6 Å². The number of alkyl halides is 2. The molecule has 0 fully saturated rings. The van der Waals surface area contributed by atoms with Gasteiger partial charge < -0.3 is 54.3 Å². The summed E-state index contributed by atoms with van der Waals surface area (Å²) in [5, 5.41) is 9.64. The molecule has 1 aliphatic heterocycles. The molecule has 41 heavy (non-hydrogen) atoms. The number of halogens is 3. The highest BCUT2D eigenvalue weighted by Crippen LogP contribution is 2.43. The maximum atomic E-state index is 14.4. The van der Waals surface area contributed by atoms with Crippen LogP contribution in [0.25, 0.3) is 0 Å². The summed E-state index contributed by atoms with van der Waals surface area (Å²) in [5.74, 6) is 0.0224. The number of hydrogen-bond donors (Lipinski definition) is 3. The lowest BCUT2D eigenvalue weighted by molar-refractivity contribution is -0.123. The number of fused-ring (bicyclic) bond motifs is 1. The number of para-hydroxylation sites is 3. The Morgan fingerprint density at radius 2 is 1.73 bits per heavy atom. The first-order valence-corrected chi connectivity index (χ1v) is 16.4. The van der Waals surface area contributed by atoms with Crippen LogP contribution in [0.4, 0.5) is 28.4 Å². The van der Waals surface area contributed by atoms with Gasteiger partial charge in [0.25, 0.3) is 11.7 Å². The number of aryl methyl sites for hydroxylation is 1. The van der Waals surface area contributed by atoms with Crippen LogP contribution in [0.1, 0.15) is 12.0 Å². The van der Waals surface area contributed by atoms with Gasteiger partial charge in [0.15, 0.2) is 0 Å². The molecule has 3 aromatic rings. The lowest BCUT2D eigenvalue weighted by atomic mass is 10.1. The predicted molar refractivity (Wildman–Crippen MR) is 172 cm³/mol. The number of rotatable bonds is 12. The van der Waals surface area contributed by atoms with Gasteiger partial charge in [0.2, 0.25) is 5.91 Å². The molecule has 3 N–H and O–H groups in total. The minimum Gasteiger partial charge on any atom is -1.00 e. The molecule has 0 saturated carbocycles. The largest absolute Gasteiger partial charge is 1.00 e. The predicted octanol–water partition coefficient (Wildman–Crippen LogP) is 2.10. The fourth-order valence-electron chi connectivity index (χ4n) is 5.00. The van der Waals surface area contributed by atoms with E-state index in [2.05, 4.69) is 33.4 Å². The summed E-state index contributed by atoms with van der Waals surface area (Å²) < 4.78 is 1.80. The number of likely N-dealkylation sites (N-methyl/N-ethyl adjacent to an activating group) is 1. The third-order valence-electron chi connectivity index (χ3n) is 6.98. The monoisotopic (exact) mass is 730 g/mol. The fourth-order valence-corrected chi connectivity index (χ4v) is 6.00. The van der Waals surface area contributed by atoms with Gasteiger partial charge in [0.05, 0.1) is 47.4 Å². The van der Waals surface area contributed by atoms with Crippen molar-refractivity contribution in [3.63, 3.8) is 0 Å². The molecule has 4 rings (SSSR count). The minimum absolute atomic E-state index is 0. The Hall–Kier alpha value is -2.28. The quantitative estimate of drug-likeness (QED) is 0.151. The molecule has 0 radical (unpaired) electrons. The lowest BCUT2D eigenvalue weighted by Crippen LogP contribution is -3.00. The normalized spacial score (nSPS) is 15.6. The van der Waals surface area contributed by atoms with E-state index in [0.717, 1.165) is 28.4 Å². The molecule has 8 nitrogen and oxygen atoms in total. The molecule has 0 saturated heterocycles. The second-order valence-corrected chi connectivity index (χ2v) is 13.1. The van der Waals surface area contributed by atoms with E-state index in [0.29, 0.717) is 42.6 Å². The molecule has 2 aromatic carbocycles. The molecular weight excluding hydrogens is 694 g/mol. The first kappa shape index (κ1) is 33.2. The van der Waals surface area contributed by atoms with Crippen LogP contribution >= 0.6 is 23.2 Å². The average molecular weight is 732 g/mol. The smallest absolute Gasteiger partial charge is 0.293 e. The Kier molecular flexibility index (Phi) is 12.0. The third-order valence-corrected chi connectivity index (χ3v) is 8.33. The standard InChI is InChI=1S/C29H36Cl2N6O2S.HI/c1-21-8-7-10-24(27(21)36(17-14-30)18-15-31)33-28(39)29(34-23-9-5-6-11-25(23)35(29)2)37-16-12-22(20-37)32-26(38)13-19-40(3)4;/h5-12,16,20,34H,13-15,17-19H2,1-4H3,(H-,32,33,38,39);1H. The molecular formula is C29H37Cl2IN6O2S. The van der Waals surface area contributed by atoms with Crippen LogP contribution in [0.3, 0.4) is 0 Å². The topological polar surface area (TPSA) is 81.6 Å². The van der Waals surface area contributed by atoms with Crippen molar-refractivity contribution in [1.29, 1.82) is 0 Å². The number of nitrogens with zero attached hydrogens (tertiary/aromatic N) is 3. The van der Waals surface area contributed by atoms with E-state index in [1.807, 2.05) is 67.4 Å². The van der Waals surface area contributed by atoms with Crippen LogP contribution in [0.15, 0.2) is 60.9 Å². The molecule has 1 aromatic heterocycles. The number of nitrogens with one attached hydrogen (secondary N) is 3. The zero-order valence-electron chi connectivity index (χ0n) is 23.7. The molecule has 1 aliphatic rings. The first-order valence-electron chi connectivity index (χ1n) is 13.1. The van der Waals surface area contributed by atoms with E-state index >= 15 is 0 Å². The summed E-state index contributed by atoms with van der Waals surface area (Å²) in [6.45, 7) is 3.19. The summed E-state index contributed by atoms with van der Waals surface area (Å²) in [4.78, 5) is 31.0. The number of carbonyl (C=O) groups excluding carboxylic acids is 2. The van der Waals surface area contributed by atoms with Crippen molar-refractivity contribution in [3.05, 3.63) is 66.5 Å². The number of carbonyl (C=O) groups is 2. The molecule has 12 heteroatoms. The molecule has 222 valence electrons. The van der Waals surface area contributed by atoms with Gasteiger partial charge in [0.1, 0.15) is 5.75 Å². The van der Waals surface area contributed by atoms with Gasteiger partial charge in [-0.3, -0.25) is 9.59 Å². The molecule has 0 spiro atoms. The van der Waals surface area contributed by atoms with Crippen LogP contribution < -0.4 is 49.7 Å². The number of amides is 2. The summed E-state index contributed by atoms with van der Waals surface area (Å²) in [6.07, 6.45) is 8.28. The Bertz CT molecular complexity index is 1350. The van der Waals surface area contributed by atoms with E-state index in [4.69, 9.17) is 23.2 Å². The molecule has 1 atom stereocenters. The van der Waals surface area contributed by atoms with Gasteiger partial charge in [-0.1, -0.05) is 24.3 Å². The summed E-state index contributed by atoms with van der Waals surface area (Å²) in [6, 6.07) is 15.4. The zero-order valence-corrected chi connectivity index (χ0v) is 28.2. The summed E-state index contributed by atoms with van der Waals surface area (Å²) in [7, 11) is 2.06. The van der Waals surface area contributed by atoms with Crippen LogP contribution in [-0.2, 0) is 26.3 Å². The van der Waals surface area contributed by atoms with Crippen LogP contribution in [0, 0.1) is 6.92 Å². The molecule has 1 unspecified atom stereocenters. The van der Waals surface area contributed by atoms with Crippen molar-refractivity contribution in [2.75, 3.05) is 75.9 Å². The van der Waals surface area contributed by atoms with Gasteiger partial charge >= 0.3 is 0 Å². The maximum absolute atomic E-state index is 14.4. The van der Waals surface area contributed by atoms with Crippen LogP contribution in [0.2, 0.25) is 0 Å². The molecule has 2 heterocycles. The number of hydrogen-bond acceptors (Lipinski definition) is 5. The molecule has 2 amide bonds. The number of aromatic nitrogens is 1. The van der Waals surface area contributed by atoms with E-state index in [1.165, 1.54) is 0 Å². The summed E-state index contributed by atoms with van der Waals surface area (Å²) in [5.41, 5.74) is 4.89. The fraction of sp³-hybridized carbons (Fsp3) is 0.379. The Morgan fingerprint density at radius 3 is 2.39 bits per heavy atom. The van der Waals surface area contributed by atoms with Gasteiger partial charge in [-0.25, -0.2) is 0 Å². The minimum atomic E-state index is -1.34. The lowest BCUT2D eigenvalue weighted by Gasteiger charge is -2.38. The van der Waals surface area contributed by atoms with Crippen molar-refractivity contribution < 1.29 is 33.6 Å².